The number of hydrogen-bond acceptors (Lipinski definition) is 4. The summed E-state index contributed by atoms with van der Waals surface area (Å²) in [5.74, 6) is -0.491. The quantitative estimate of drug-likeness (QED) is 0.598. The van der Waals surface area contributed by atoms with Crippen LogP contribution in [0.5, 0.6) is 0 Å². The van der Waals surface area contributed by atoms with Gasteiger partial charge in [-0.1, -0.05) is 25.3 Å². The Bertz CT molecular complexity index is 536. The fraction of sp³-hybridized carbons (Fsp3) is 0.500. The lowest BCUT2D eigenvalue weighted by Crippen LogP contribution is -2.44. The normalized spacial score (nSPS) is 15.5. The van der Waals surface area contributed by atoms with E-state index in [2.05, 4.69) is 4.98 Å². The summed E-state index contributed by atoms with van der Waals surface area (Å²) in [5, 5.41) is 0. The maximum atomic E-state index is 12.6. The lowest BCUT2D eigenvalue weighted by atomic mass is 9.94. The van der Waals surface area contributed by atoms with Gasteiger partial charge in [0.25, 0.3) is 0 Å². The Morgan fingerprint density at radius 2 is 2.13 bits per heavy atom. The van der Waals surface area contributed by atoms with Gasteiger partial charge in [0, 0.05) is 24.5 Å². The zero-order valence-electron chi connectivity index (χ0n) is 13.6. The molecule has 0 atom stereocenters. The number of esters is 1. The first-order chi connectivity index (χ1) is 11.2. The van der Waals surface area contributed by atoms with Crippen molar-refractivity contribution in [2.24, 2.45) is 0 Å². The highest BCUT2D eigenvalue weighted by Crippen LogP contribution is 2.23. The molecule has 5 nitrogen and oxygen atoms in total. The second kappa shape index (κ2) is 9.08. The number of pyridine rings is 1. The Labute approximate surface area is 137 Å². The van der Waals surface area contributed by atoms with Gasteiger partial charge in [0.1, 0.15) is 6.54 Å². The average Bonchev–Trinajstić information content (AvgIpc) is 2.59. The van der Waals surface area contributed by atoms with Crippen LogP contribution in [0.25, 0.3) is 6.08 Å². The molecule has 1 aliphatic carbocycles. The van der Waals surface area contributed by atoms with Gasteiger partial charge in [0.2, 0.25) is 5.91 Å². The van der Waals surface area contributed by atoms with Gasteiger partial charge in [0.15, 0.2) is 0 Å². The van der Waals surface area contributed by atoms with Gasteiger partial charge in [-0.25, -0.2) is 0 Å². The molecule has 2 rings (SSSR count). The lowest BCUT2D eigenvalue weighted by molar-refractivity contribution is -0.149. The summed E-state index contributed by atoms with van der Waals surface area (Å²) < 4.78 is 5.01. The number of ether oxygens (including phenoxy) is 1. The molecule has 0 saturated heterocycles. The van der Waals surface area contributed by atoms with Crippen LogP contribution in [0.1, 0.15) is 44.6 Å². The van der Waals surface area contributed by atoms with E-state index < -0.39 is 0 Å². The van der Waals surface area contributed by atoms with Crippen LogP contribution in [-0.2, 0) is 14.3 Å². The molecule has 0 unspecified atom stereocenters. The van der Waals surface area contributed by atoms with Gasteiger partial charge in [-0.05, 0) is 37.5 Å². The van der Waals surface area contributed by atoms with Crippen molar-refractivity contribution in [3.8, 4) is 0 Å². The van der Waals surface area contributed by atoms with Gasteiger partial charge in [-0.15, -0.1) is 0 Å². The smallest absolute Gasteiger partial charge is 0.325 e. The van der Waals surface area contributed by atoms with E-state index in [0.717, 1.165) is 31.2 Å². The third-order valence-corrected chi connectivity index (χ3v) is 4.01. The van der Waals surface area contributed by atoms with Crippen LogP contribution < -0.4 is 0 Å². The number of rotatable bonds is 6. The summed E-state index contributed by atoms with van der Waals surface area (Å²) in [7, 11) is 0. The molecule has 0 N–H and O–H groups in total. The first-order valence-electron chi connectivity index (χ1n) is 8.25. The molecule has 0 aromatic carbocycles. The van der Waals surface area contributed by atoms with E-state index in [1.807, 2.05) is 12.1 Å². The van der Waals surface area contributed by atoms with Crippen molar-refractivity contribution in [2.75, 3.05) is 13.2 Å². The van der Waals surface area contributed by atoms with Gasteiger partial charge >= 0.3 is 5.97 Å². The Morgan fingerprint density at radius 3 is 2.78 bits per heavy atom. The van der Waals surface area contributed by atoms with Gasteiger partial charge in [-0.3, -0.25) is 14.6 Å². The van der Waals surface area contributed by atoms with Crippen LogP contribution >= 0.6 is 0 Å². The van der Waals surface area contributed by atoms with Crippen molar-refractivity contribution in [1.29, 1.82) is 0 Å². The Kier molecular flexibility index (Phi) is 6.78. The number of hydrogen-bond donors (Lipinski definition) is 0. The Balaban J connectivity index is 2.06. The predicted molar refractivity (Wildman–Crippen MR) is 88.5 cm³/mol. The molecule has 0 bridgehead atoms. The minimum absolute atomic E-state index is 0.0225. The molecule has 1 aromatic rings. The first kappa shape index (κ1) is 17.2. The number of aromatic nitrogens is 1. The third kappa shape index (κ3) is 5.51. The van der Waals surface area contributed by atoms with E-state index in [1.54, 1.807) is 30.3 Å². The molecular weight excluding hydrogens is 292 g/mol. The molecular formula is C18H24N2O3. The lowest BCUT2D eigenvalue weighted by Gasteiger charge is -2.33. The van der Waals surface area contributed by atoms with E-state index in [4.69, 9.17) is 4.74 Å². The number of amides is 1. The summed E-state index contributed by atoms with van der Waals surface area (Å²) in [6.45, 7) is 2.12. The second-order valence-electron chi connectivity index (χ2n) is 5.68. The molecule has 1 saturated carbocycles. The molecule has 0 aliphatic heterocycles. The summed E-state index contributed by atoms with van der Waals surface area (Å²) in [6, 6.07) is 3.83. The average molecular weight is 316 g/mol. The largest absolute Gasteiger partial charge is 0.465 e. The summed E-state index contributed by atoms with van der Waals surface area (Å²) in [6.07, 6.45) is 11.9. The maximum absolute atomic E-state index is 12.6. The number of nitrogens with zero attached hydrogens (tertiary/aromatic N) is 2. The fourth-order valence-corrected chi connectivity index (χ4v) is 2.86. The summed E-state index contributed by atoms with van der Waals surface area (Å²) in [4.78, 5) is 30.1. The highest BCUT2D eigenvalue weighted by molar-refractivity contribution is 5.93. The predicted octanol–water partition coefficient (Wildman–Crippen LogP) is 2.82. The van der Waals surface area contributed by atoms with Crippen molar-refractivity contribution in [3.05, 3.63) is 36.2 Å². The van der Waals surface area contributed by atoms with E-state index in [9.17, 15) is 9.59 Å². The minimum Gasteiger partial charge on any atom is -0.465 e. The highest BCUT2D eigenvalue weighted by Gasteiger charge is 2.26. The van der Waals surface area contributed by atoms with Crippen molar-refractivity contribution in [2.45, 2.75) is 45.1 Å². The van der Waals surface area contributed by atoms with Crippen LogP contribution in [0, 0.1) is 0 Å². The van der Waals surface area contributed by atoms with Gasteiger partial charge in [0.05, 0.1) is 6.61 Å². The molecule has 1 amide bonds. The Morgan fingerprint density at radius 1 is 1.35 bits per heavy atom. The molecule has 5 heteroatoms. The maximum Gasteiger partial charge on any atom is 0.325 e. The van der Waals surface area contributed by atoms with E-state index >= 15 is 0 Å². The van der Waals surface area contributed by atoms with Gasteiger partial charge in [-0.2, -0.15) is 0 Å². The first-order valence-corrected chi connectivity index (χ1v) is 8.25. The summed E-state index contributed by atoms with van der Waals surface area (Å²) in [5.41, 5.74) is 0.862. The van der Waals surface area contributed by atoms with Crippen molar-refractivity contribution >= 4 is 18.0 Å². The third-order valence-electron chi connectivity index (χ3n) is 4.01. The SMILES string of the molecule is CCOC(=O)CN(C(=O)C=Cc1cccnc1)C1CCCCC1. The molecule has 0 radical (unpaired) electrons. The van der Waals surface area contributed by atoms with Crippen LogP contribution in [-0.4, -0.2) is 41.0 Å². The minimum atomic E-state index is -0.346. The van der Waals surface area contributed by atoms with Crippen molar-refractivity contribution < 1.29 is 14.3 Å². The van der Waals surface area contributed by atoms with E-state index in [0.29, 0.717) is 6.61 Å². The van der Waals surface area contributed by atoms with Crippen LogP contribution in [0.4, 0.5) is 0 Å². The van der Waals surface area contributed by atoms with E-state index in [1.165, 1.54) is 12.5 Å². The van der Waals surface area contributed by atoms with Gasteiger partial charge < -0.3 is 9.64 Å². The molecule has 1 heterocycles. The zero-order chi connectivity index (χ0) is 16.5. The fourth-order valence-electron chi connectivity index (χ4n) is 2.86. The molecule has 1 aliphatic rings. The second-order valence-corrected chi connectivity index (χ2v) is 5.68. The molecule has 124 valence electrons. The number of carbonyl (C=O) groups is 2. The van der Waals surface area contributed by atoms with Crippen molar-refractivity contribution in [1.82, 2.24) is 9.88 Å². The molecule has 1 aromatic heterocycles. The van der Waals surface area contributed by atoms with Crippen LogP contribution in [0.2, 0.25) is 0 Å². The van der Waals surface area contributed by atoms with Crippen LogP contribution in [0.3, 0.4) is 0 Å². The van der Waals surface area contributed by atoms with E-state index in [-0.39, 0.29) is 24.5 Å². The summed E-state index contributed by atoms with van der Waals surface area (Å²) >= 11 is 0. The Hall–Kier alpha value is -2.17. The van der Waals surface area contributed by atoms with Crippen molar-refractivity contribution in [3.63, 3.8) is 0 Å². The monoisotopic (exact) mass is 316 g/mol. The molecule has 23 heavy (non-hydrogen) atoms. The number of carbonyl (C=O) groups excluding carboxylic acids is 2. The molecule has 1 fully saturated rings. The molecule has 0 spiro atoms. The topological polar surface area (TPSA) is 59.5 Å². The zero-order valence-corrected chi connectivity index (χ0v) is 13.6. The standard InChI is InChI=1S/C18H24N2O3/c1-2-23-18(22)14-20(16-8-4-3-5-9-16)17(21)11-10-15-7-6-12-19-13-15/h6-7,10-13,16H,2-5,8-9,14H2,1H3. The highest BCUT2D eigenvalue weighted by atomic mass is 16.5. The van der Waals surface area contributed by atoms with Crippen LogP contribution in [0.15, 0.2) is 30.6 Å².